The molecule has 0 spiro atoms. The average Bonchev–Trinajstić information content (AvgIpc) is 2.81. The number of aryl methyl sites for hydroxylation is 3. The number of rotatable bonds is 4. The predicted molar refractivity (Wildman–Crippen MR) is 103 cm³/mol. The van der Waals surface area contributed by atoms with Crippen molar-refractivity contribution >= 4 is 31.8 Å². The van der Waals surface area contributed by atoms with E-state index in [0.29, 0.717) is 22.6 Å². The quantitative estimate of drug-likeness (QED) is 0.657. The second-order valence-electron chi connectivity index (χ2n) is 5.95. The topological polar surface area (TPSA) is 64.0 Å². The second kappa shape index (κ2) is 6.85. The Morgan fingerprint density at radius 3 is 2.38 bits per heavy atom. The van der Waals surface area contributed by atoms with Gasteiger partial charge in [-0.05, 0) is 55.3 Å². The highest BCUT2D eigenvalue weighted by Crippen LogP contribution is 2.33. The van der Waals surface area contributed by atoms with Gasteiger partial charge >= 0.3 is 0 Å². The summed E-state index contributed by atoms with van der Waals surface area (Å²) in [6, 6.07) is 11.1. The number of hydrogen-bond donors (Lipinski definition) is 1. The normalized spacial score (nSPS) is 11.6. The van der Waals surface area contributed by atoms with Crippen molar-refractivity contribution in [2.24, 2.45) is 7.05 Å². The lowest BCUT2D eigenvalue weighted by Crippen LogP contribution is -2.17. The number of sulfonamides is 1. The van der Waals surface area contributed by atoms with Crippen LogP contribution >= 0.6 is 15.9 Å². The molecule has 0 aliphatic rings. The highest BCUT2D eigenvalue weighted by Gasteiger charge is 2.23. The Labute approximate surface area is 160 Å². The van der Waals surface area contributed by atoms with Crippen LogP contribution in [0.3, 0.4) is 0 Å². The number of anilines is 1. The summed E-state index contributed by atoms with van der Waals surface area (Å²) < 4.78 is 44.0. The van der Waals surface area contributed by atoms with Gasteiger partial charge in [-0.1, -0.05) is 28.1 Å². The third-order valence-corrected chi connectivity index (χ3v) is 6.04. The SMILES string of the molecule is Cc1cc(F)ccc1S(=O)(=O)Nc1c(-c2ccc(Br)cc2)c(C)nn1C. The Balaban J connectivity index is 2.09. The van der Waals surface area contributed by atoms with Crippen LogP contribution in [0.5, 0.6) is 0 Å². The van der Waals surface area contributed by atoms with Gasteiger partial charge in [0.05, 0.1) is 10.6 Å². The van der Waals surface area contributed by atoms with Gasteiger partial charge in [0.15, 0.2) is 0 Å². The Morgan fingerprint density at radius 2 is 1.77 bits per heavy atom. The van der Waals surface area contributed by atoms with Gasteiger partial charge in [-0.15, -0.1) is 0 Å². The van der Waals surface area contributed by atoms with E-state index in [9.17, 15) is 12.8 Å². The van der Waals surface area contributed by atoms with Gasteiger partial charge in [0.1, 0.15) is 11.6 Å². The Bertz CT molecular complexity index is 1080. The Kier molecular flexibility index (Phi) is 4.90. The van der Waals surface area contributed by atoms with E-state index in [0.717, 1.165) is 16.1 Å². The molecule has 3 aromatic rings. The summed E-state index contributed by atoms with van der Waals surface area (Å²) in [5, 5.41) is 4.34. The van der Waals surface area contributed by atoms with Crippen molar-refractivity contribution in [1.29, 1.82) is 0 Å². The average molecular weight is 438 g/mol. The fraction of sp³-hybridized carbons (Fsp3) is 0.167. The molecule has 8 heteroatoms. The lowest BCUT2D eigenvalue weighted by Gasteiger charge is -2.13. The van der Waals surface area contributed by atoms with Gasteiger partial charge in [-0.2, -0.15) is 5.10 Å². The van der Waals surface area contributed by atoms with E-state index < -0.39 is 15.8 Å². The van der Waals surface area contributed by atoms with Crippen LogP contribution in [0, 0.1) is 19.7 Å². The van der Waals surface area contributed by atoms with E-state index in [4.69, 9.17) is 0 Å². The number of halogens is 2. The molecule has 1 aromatic heterocycles. The van der Waals surface area contributed by atoms with Crippen molar-refractivity contribution in [3.8, 4) is 11.1 Å². The molecule has 26 heavy (non-hydrogen) atoms. The first kappa shape index (κ1) is 18.6. The molecule has 3 rings (SSSR count). The number of nitrogens with one attached hydrogen (secondary N) is 1. The van der Waals surface area contributed by atoms with Crippen molar-refractivity contribution in [2.75, 3.05) is 4.72 Å². The van der Waals surface area contributed by atoms with Crippen LogP contribution in [0.15, 0.2) is 51.8 Å². The first-order valence-electron chi connectivity index (χ1n) is 7.77. The van der Waals surface area contributed by atoms with Crippen LogP contribution < -0.4 is 4.72 Å². The maximum atomic E-state index is 13.3. The molecule has 0 saturated heterocycles. The van der Waals surface area contributed by atoms with E-state index >= 15 is 0 Å². The van der Waals surface area contributed by atoms with Crippen molar-refractivity contribution in [3.05, 3.63) is 64.0 Å². The number of benzene rings is 2. The highest BCUT2D eigenvalue weighted by atomic mass is 79.9. The largest absolute Gasteiger partial charge is 0.263 e. The fourth-order valence-electron chi connectivity index (χ4n) is 2.83. The summed E-state index contributed by atoms with van der Waals surface area (Å²) in [5.41, 5.74) is 2.57. The molecule has 0 aliphatic carbocycles. The zero-order chi connectivity index (χ0) is 19.1. The van der Waals surface area contributed by atoms with Gasteiger partial charge in [-0.25, -0.2) is 12.8 Å². The molecule has 1 heterocycles. The van der Waals surface area contributed by atoms with Crippen LogP contribution in [-0.2, 0) is 17.1 Å². The number of hydrogen-bond acceptors (Lipinski definition) is 3. The van der Waals surface area contributed by atoms with Crippen molar-refractivity contribution in [2.45, 2.75) is 18.7 Å². The Hall–Kier alpha value is -2.19. The molecule has 1 N–H and O–H groups in total. The summed E-state index contributed by atoms with van der Waals surface area (Å²) >= 11 is 3.39. The summed E-state index contributed by atoms with van der Waals surface area (Å²) in [4.78, 5) is 0.0273. The first-order chi connectivity index (χ1) is 12.2. The molecule has 0 fully saturated rings. The summed E-state index contributed by atoms with van der Waals surface area (Å²) in [7, 11) is -2.22. The minimum atomic E-state index is -3.90. The smallest absolute Gasteiger partial charge is 0.263 e. The van der Waals surface area contributed by atoms with E-state index in [1.54, 1.807) is 14.0 Å². The molecule has 2 aromatic carbocycles. The van der Waals surface area contributed by atoms with Gasteiger partial charge < -0.3 is 0 Å². The van der Waals surface area contributed by atoms with E-state index in [1.165, 1.54) is 16.8 Å². The monoisotopic (exact) mass is 437 g/mol. The summed E-state index contributed by atoms with van der Waals surface area (Å²) in [5.74, 6) is -0.123. The number of aromatic nitrogens is 2. The van der Waals surface area contributed by atoms with Crippen molar-refractivity contribution < 1.29 is 12.8 Å². The van der Waals surface area contributed by atoms with Crippen LogP contribution in [0.1, 0.15) is 11.3 Å². The van der Waals surface area contributed by atoms with Gasteiger partial charge in [0, 0.05) is 17.1 Å². The molecule has 0 atom stereocenters. The third-order valence-electron chi connectivity index (χ3n) is 4.01. The summed E-state index contributed by atoms with van der Waals surface area (Å²) in [6.45, 7) is 3.38. The standard InChI is InChI=1S/C18H17BrFN3O2S/c1-11-10-15(20)8-9-16(11)26(24,25)22-18-17(12(2)21-23(18)3)13-4-6-14(19)7-5-13/h4-10,22H,1-3H3. The fourth-order valence-corrected chi connectivity index (χ4v) is 4.43. The predicted octanol–water partition coefficient (Wildman–Crippen LogP) is 4.41. The van der Waals surface area contributed by atoms with Crippen LogP contribution in [0.25, 0.3) is 11.1 Å². The Morgan fingerprint density at radius 1 is 1.12 bits per heavy atom. The minimum Gasteiger partial charge on any atom is -0.263 e. The first-order valence-corrected chi connectivity index (χ1v) is 10.0. The van der Waals surface area contributed by atoms with Gasteiger partial charge in [0.25, 0.3) is 10.0 Å². The molecule has 5 nitrogen and oxygen atoms in total. The number of nitrogens with zero attached hydrogens (tertiary/aromatic N) is 2. The third kappa shape index (κ3) is 3.52. The summed E-state index contributed by atoms with van der Waals surface area (Å²) in [6.07, 6.45) is 0. The molecular formula is C18H17BrFN3O2S. The van der Waals surface area contributed by atoms with Crippen molar-refractivity contribution in [3.63, 3.8) is 0 Å². The van der Waals surface area contributed by atoms with E-state index in [1.807, 2.05) is 31.2 Å². The molecule has 0 radical (unpaired) electrons. The molecule has 0 bridgehead atoms. The van der Waals surface area contributed by atoms with E-state index in [2.05, 4.69) is 25.8 Å². The van der Waals surface area contributed by atoms with Gasteiger partial charge in [-0.3, -0.25) is 9.40 Å². The molecule has 136 valence electrons. The maximum Gasteiger partial charge on any atom is 0.263 e. The lowest BCUT2D eigenvalue weighted by atomic mass is 10.1. The zero-order valence-electron chi connectivity index (χ0n) is 14.4. The lowest BCUT2D eigenvalue weighted by molar-refractivity contribution is 0.597. The minimum absolute atomic E-state index is 0.0273. The van der Waals surface area contributed by atoms with Crippen molar-refractivity contribution in [1.82, 2.24) is 9.78 Å². The second-order valence-corrected chi connectivity index (χ2v) is 8.52. The molecular weight excluding hydrogens is 421 g/mol. The maximum absolute atomic E-state index is 13.3. The van der Waals surface area contributed by atoms with Gasteiger partial charge in [0.2, 0.25) is 0 Å². The van der Waals surface area contributed by atoms with E-state index in [-0.39, 0.29) is 4.90 Å². The molecule has 0 saturated carbocycles. The van der Waals surface area contributed by atoms with Crippen LogP contribution in [0.4, 0.5) is 10.2 Å². The van der Waals surface area contributed by atoms with Crippen LogP contribution in [-0.4, -0.2) is 18.2 Å². The molecule has 0 aliphatic heterocycles. The zero-order valence-corrected chi connectivity index (χ0v) is 16.8. The molecule has 0 unspecified atom stereocenters. The highest BCUT2D eigenvalue weighted by molar-refractivity contribution is 9.10. The van der Waals surface area contributed by atoms with Crippen LogP contribution in [0.2, 0.25) is 0 Å². The molecule has 0 amide bonds.